The van der Waals surface area contributed by atoms with Crippen LogP contribution in [0.2, 0.25) is 0 Å². The number of rotatable bonds is 2. The summed E-state index contributed by atoms with van der Waals surface area (Å²) in [4.78, 5) is 2.54. The van der Waals surface area contributed by atoms with Gasteiger partial charge in [0.1, 0.15) is 0 Å². The summed E-state index contributed by atoms with van der Waals surface area (Å²) in [6.45, 7) is 6.77. The number of halogens is 1. The smallest absolute Gasteiger partial charge is 0.0386 e. The quantitative estimate of drug-likeness (QED) is 0.709. The van der Waals surface area contributed by atoms with Gasteiger partial charge in [0.25, 0.3) is 0 Å². The molecule has 0 N–H and O–H groups in total. The van der Waals surface area contributed by atoms with Crippen molar-refractivity contribution in [2.75, 3.05) is 13.1 Å². The molecule has 3 unspecified atom stereocenters. The topological polar surface area (TPSA) is 3.24 Å². The van der Waals surface area contributed by atoms with Crippen molar-refractivity contribution >= 4 is 11.6 Å². The number of benzene rings is 1. The van der Waals surface area contributed by atoms with Gasteiger partial charge in [0.15, 0.2) is 0 Å². The highest BCUT2D eigenvalue weighted by Gasteiger charge is 2.27. The standard InChI is InChI=1S/C14H20ClN/c1-11-10-16(9-8-14(11)15)12(2)13-6-4-3-5-7-13/h3-7,11-12,14H,8-10H2,1-2H3. The SMILES string of the molecule is CC1CN(C(C)c2ccccc2)CCC1Cl. The van der Waals surface area contributed by atoms with E-state index in [4.69, 9.17) is 11.6 Å². The highest BCUT2D eigenvalue weighted by atomic mass is 35.5. The summed E-state index contributed by atoms with van der Waals surface area (Å²) in [6.07, 6.45) is 1.11. The third-order valence-corrected chi connectivity index (χ3v) is 4.31. The van der Waals surface area contributed by atoms with Gasteiger partial charge in [-0.25, -0.2) is 0 Å². The lowest BCUT2D eigenvalue weighted by Crippen LogP contribution is -2.41. The molecule has 88 valence electrons. The van der Waals surface area contributed by atoms with Gasteiger partial charge in [-0.1, -0.05) is 37.3 Å². The summed E-state index contributed by atoms with van der Waals surface area (Å²) in [5.41, 5.74) is 1.41. The summed E-state index contributed by atoms with van der Waals surface area (Å²) >= 11 is 6.26. The third kappa shape index (κ3) is 2.58. The number of nitrogens with zero attached hydrogens (tertiary/aromatic N) is 1. The van der Waals surface area contributed by atoms with Crippen LogP contribution in [0, 0.1) is 5.92 Å². The van der Waals surface area contributed by atoms with Gasteiger partial charge in [-0.3, -0.25) is 4.90 Å². The van der Waals surface area contributed by atoms with Crippen LogP contribution in [0.4, 0.5) is 0 Å². The van der Waals surface area contributed by atoms with Crippen LogP contribution < -0.4 is 0 Å². The van der Waals surface area contributed by atoms with Crippen molar-refractivity contribution in [3.63, 3.8) is 0 Å². The van der Waals surface area contributed by atoms with E-state index in [0.717, 1.165) is 19.5 Å². The number of alkyl halides is 1. The minimum Gasteiger partial charge on any atom is -0.296 e. The predicted molar refractivity (Wildman–Crippen MR) is 69.9 cm³/mol. The molecule has 0 radical (unpaired) electrons. The Morgan fingerprint density at radius 1 is 1.31 bits per heavy atom. The van der Waals surface area contributed by atoms with Crippen LogP contribution in [0.1, 0.15) is 31.9 Å². The summed E-state index contributed by atoms with van der Waals surface area (Å²) in [5.74, 6) is 0.599. The van der Waals surface area contributed by atoms with Gasteiger partial charge in [-0.15, -0.1) is 11.6 Å². The molecule has 2 rings (SSSR count). The molecule has 1 aliphatic heterocycles. The van der Waals surface area contributed by atoms with Gasteiger partial charge < -0.3 is 0 Å². The van der Waals surface area contributed by atoms with Crippen molar-refractivity contribution in [3.05, 3.63) is 35.9 Å². The van der Waals surface area contributed by atoms with Crippen LogP contribution in [-0.4, -0.2) is 23.4 Å². The van der Waals surface area contributed by atoms with Gasteiger partial charge in [0.05, 0.1) is 0 Å². The maximum atomic E-state index is 6.26. The Hall–Kier alpha value is -0.530. The lowest BCUT2D eigenvalue weighted by atomic mass is 9.96. The molecule has 0 bridgehead atoms. The molecular formula is C14H20ClN. The normalized spacial score (nSPS) is 28.9. The van der Waals surface area contributed by atoms with E-state index in [1.54, 1.807) is 0 Å². The number of hydrogen-bond donors (Lipinski definition) is 0. The molecule has 1 aliphatic rings. The zero-order chi connectivity index (χ0) is 11.5. The molecule has 0 aromatic heterocycles. The molecule has 1 aromatic carbocycles. The van der Waals surface area contributed by atoms with Gasteiger partial charge in [-0.05, 0) is 24.8 Å². The Morgan fingerprint density at radius 3 is 2.62 bits per heavy atom. The average molecular weight is 238 g/mol. The molecule has 2 heteroatoms. The maximum Gasteiger partial charge on any atom is 0.0386 e. The average Bonchev–Trinajstić information content (AvgIpc) is 2.33. The molecule has 3 atom stereocenters. The van der Waals surface area contributed by atoms with E-state index in [1.165, 1.54) is 5.56 Å². The maximum absolute atomic E-state index is 6.26. The van der Waals surface area contributed by atoms with Crippen molar-refractivity contribution in [1.82, 2.24) is 4.90 Å². The Balaban J connectivity index is 2.03. The molecule has 1 fully saturated rings. The van der Waals surface area contributed by atoms with Crippen LogP contribution in [0.5, 0.6) is 0 Å². The molecule has 0 aliphatic carbocycles. The monoisotopic (exact) mass is 237 g/mol. The highest BCUT2D eigenvalue weighted by Crippen LogP contribution is 2.28. The third-order valence-electron chi connectivity index (χ3n) is 3.66. The Labute approximate surface area is 103 Å². The van der Waals surface area contributed by atoms with Crippen molar-refractivity contribution < 1.29 is 0 Å². The molecule has 1 heterocycles. The molecule has 1 nitrogen and oxygen atoms in total. The summed E-state index contributed by atoms with van der Waals surface area (Å²) in [7, 11) is 0. The first-order valence-electron chi connectivity index (χ1n) is 6.11. The fraction of sp³-hybridized carbons (Fsp3) is 0.571. The molecule has 16 heavy (non-hydrogen) atoms. The second kappa shape index (κ2) is 5.20. The molecule has 1 aromatic rings. The number of piperidine rings is 1. The van der Waals surface area contributed by atoms with Crippen LogP contribution in [0.25, 0.3) is 0 Å². The van der Waals surface area contributed by atoms with E-state index in [9.17, 15) is 0 Å². The van der Waals surface area contributed by atoms with Crippen LogP contribution in [0.3, 0.4) is 0 Å². The van der Waals surface area contributed by atoms with Gasteiger partial charge in [0, 0.05) is 24.5 Å². The molecule has 1 saturated heterocycles. The van der Waals surface area contributed by atoms with Crippen LogP contribution in [-0.2, 0) is 0 Å². The molecule has 0 spiro atoms. The first-order chi connectivity index (χ1) is 7.68. The van der Waals surface area contributed by atoms with Gasteiger partial charge in [0.2, 0.25) is 0 Å². The van der Waals surface area contributed by atoms with E-state index >= 15 is 0 Å². The fourth-order valence-electron chi connectivity index (χ4n) is 2.44. The van der Waals surface area contributed by atoms with E-state index < -0.39 is 0 Å². The first-order valence-corrected chi connectivity index (χ1v) is 6.55. The summed E-state index contributed by atoms with van der Waals surface area (Å²) in [5, 5.41) is 0.360. The largest absolute Gasteiger partial charge is 0.296 e. The molecule has 0 saturated carbocycles. The van der Waals surface area contributed by atoms with Crippen molar-refractivity contribution in [2.24, 2.45) is 5.92 Å². The van der Waals surface area contributed by atoms with Crippen molar-refractivity contribution in [3.8, 4) is 0 Å². The second-order valence-corrected chi connectivity index (χ2v) is 5.42. The van der Waals surface area contributed by atoms with Crippen LogP contribution in [0.15, 0.2) is 30.3 Å². The van der Waals surface area contributed by atoms with Gasteiger partial charge >= 0.3 is 0 Å². The second-order valence-electron chi connectivity index (χ2n) is 4.86. The fourth-order valence-corrected chi connectivity index (χ4v) is 2.62. The first kappa shape index (κ1) is 11.9. The van der Waals surface area contributed by atoms with E-state index in [-0.39, 0.29) is 0 Å². The molecular weight excluding hydrogens is 218 g/mol. The minimum absolute atomic E-state index is 0.360. The Morgan fingerprint density at radius 2 is 2.00 bits per heavy atom. The van der Waals surface area contributed by atoms with E-state index in [2.05, 4.69) is 49.1 Å². The molecule has 0 amide bonds. The predicted octanol–water partition coefficient (Wildman–Crippen LogP) is 3.70. The van der Waals surface area contributed by atoms with Crippen molar-refractivity contribution in [1.29, 1.82) is 0 Å². The Bertz CT molecular complexity index is 325. The van der Waals surface area contributed by atoms with Gasteiger partial charge in [-0.2, -0.15) is 0 Å². The lowest BCUT2D eigenvalue weighted by molar-refractivity contribution is 0.141. The van der Waals surface area contributed by atoms with Crippen molar-refractivity contribution in [2.45, 2.75) is 31.7 Å². The lowest BCUT2D eigenvalue weighted by Gasteiger charge is -2.38. The number of hydrogen-bond acceptors (Lipinski definition) is 1. The minimum atomic E-state index is 0.360. The Kier molecular flexibility index (Phi) is 3.88. The highest BCUT2D eigenvalue weighted by molar-refractivity contribution is 6.20. The number of likely N-dealkylation sites (tertiary alicyclic amines) is 1. The zero-order valence-corrected chi connectivity index (χ0v) is 10.8. The van der Waals surface area contributed by atoms with Crippen LogP contribution >= 0.6 is 11.6 Å². The van der Waals surface area contributed by atoms with E-state index in [0.29, 0.717) is 17.3 Å². The zero-order valence-electron chi connectivity index (χ0n) is 10.1. The summed E-state index contributed by atoms with van der Waals surface area (Å²) in [6, 6.07) is 11.2. The summed E-state index contributed by atoms with van der Waals surface area (Å²) < 4.78 is 0. The van der Waals surface area contributed by atoms with E-state index in [1.807, 2.05) is 0 Å².